The van der Waals surface area contributed by atoms with Crippen molar-refractivity contribution in [1.29, 1.82) is 0 Å². The van der Waals surface area contributed by atoms with Gasteiger partial charge in [0.15, 0.2) is 0 Å². The van der Waals surface area contributed by atoms with Gasteiger partial charge in [-0.15, -0.1) is 11.8 Å². The van der Waals surface area contributed by atoms with E-state index in [1.165, 1.54) is 6.92 Å². The number of carboxylic acid groups (broad SMARTS) is 1. The van der Waals surface area contributed by atoms with Crippen LogP contribution in [0, 0.1) is 0 Å². The lowest BCUT2D eigenvalue weighted by molar-refractivity contribution is -0.143. The zero-order valence-electron chi connectivity index (χ0n) is 10.3. The van der Waals surface area contributed by atoms with Crippen LogP contribution < -0.4 is 5.32 Å². The highest BCUT2D eigenvalue weighted by Gasteiger charge is 2.53. The third-order valence-corrected chi connectivity index (χ3v) is 4.98. The van der Waals surface area contributed by atoms with Crippen LogP contribution in [0.25, 0.3) is 0 Å². The molecule has 7 heteroatoms. The molecule has 0 bridgehead atoms. The van der Waals surface area contributed by atoms with Gasteiger partial charge in [0.25, 0.3) is 0 Å². The van der Waals surface area contributed by atoms with Crippen molar-refractivity contribution in [2.75, 3.05) is 5.75 Å². The third kappa shape index (κ3) is 2.07. The zero-order chi connectivity index (χ0) is 13.5. The summed E-state index contributed by atoms with van der Waals surface area (Å²) in [6, 6.07) is -1.48. The van der Waals surface area contributed by atoms with Crippen LogP contribution in [0.2, 0.25) is 0 Å². The average Bonchev–Trinajstić information content (AvgIpc) is 2.76. The number of carbonyl (C=O) groups excluding carboxylic acids is 2. The Morgan fingerprint density at radius 3 is 2.89 bits per heavy atom. The first-order chi connectivity index (χ1) is 8.35. The molecule has 0 radical (unpaired) electrons. The number of carbonyl (C=O) groups is 3. The van der Waals surface area contributed by atoms with Gasteiger partial charge < -0.3 is 15.3 Å². The minimum Gasteiger partial charge on any atom is -0.480 e. The van der Waals surface area contributed by atoms with E-state index in [2.05, 4.69) is 5.32 Å². The second kappa shape index (κ2) is 4.46. The molecule has 0 aromatic rings. The van der Waals surface area contributed by atoms with E-state index in [1.54, 1.807) is 16.7 Å². The molecule has 3 atom stereocenters. The van der Waals surface area contributed by atoms with Gasteiger partial charge in [-0.05, 0) is 20.3 Å². The van der Waals surface area contributed by atoms with Crippen molar-refractivity contribution in [3.05, 3.63) is 0 Å². The molecule has 0 aromatic heterocycles. The number of carboxylic acids is 1. The van der Waals surface area contributed by atoms with Crippen LogP contribution in [0.3, 0.4) is 0 Å². The van der Waals surface area contributed by atoms with Crippen LogP contribution in [0.1, 0.15) is 26.7 Å². The fourth-order valence-corrected chi connectivity index (χ4v) is 3.82. The molecule has 0 aromatic carbocycles. The van der Waals surface area contributed by atoms with Crippen molar-refractivity contribution in [3.63, 3.8) is 0 Å². The molecule has 0 spiro atoms. The SMILES string of the molecule is C[C@@H](NC(=O)C1CSC2(C)CCC(=O)N12)C(=O)O. The molecule has 2 fully saturated rings. The normalized spacial score (nSPS) is 32.2. The summed E-state index contributed by atoms with van der Waals surface area (Å²) in [7, 11) is 0. The molecular formula is C11H16N2O4S. The minimum absolute atomic E-state index is 0.0226. The number of thioether (sulfide) groups is 1. The summed E-state index contributed by atoms with van der Waals surface area (Å²) in [6.07, 6.45) is 1.20. The Bertz CT molecular complexity index is 414. The van der Waals surface area contributed by atoms with Crippen LogP contribution in [-0.2, 0) is 14.4 Å². The zero-order valence-corrected chi connectivity index (χ0v) is 11.1. The number of fused-ring (bicyclic) bond motifs is 1. The van der Waals surface area contributed by atoms with E-state index in [-0.39, 0.29) is 16.7 Å². The molecule has 0 aliphatic carbocycles. The van der Waals surface area contributed by atoms with E-state index in [0.717, 1.165) is 6.42 Å². The summed E-state index contributed by atoms with van der Waals surface area (Å²) in [5.74, 6) is -0.952. The lowest BCUT2D eigenvalue weighted by Crippen LogP contribution is -2.52. The maximum Gasteiger partial charge on any atom is 0.325 e. The largest absolute Gasteiger partial charge is 0.480 e. The minimum atomic E-state index is -1.08. The van der Waals surface area contributed by atoms with Crippen molar-refractivity contribution in [1.82, 2.24) is 10.2 Å². The highest BCUT2D eigenvalue weighted by molar-refractivity contribution is 8.01. The molecule has 2 unspecified atom stereocenters. The number of nitrogens with zero attached hydrogens (tertiary/aromatic N) is 1. The summed E-state index contributed by atoms with van der Waals surface area (Å²) in [4.78, 5) is 35.8. The Kier molecular flexibility index (Phi) is 3.27. The number of hydrogen-bond acceptors (Lipinski definition) is 4. The Morgan fingerprint density at radius 1 is 1.61 bits per heavy atom. The van der Waals surface area contributed by atoms with Gasteiger partial charge >= 0.3 is 5.97 Å². The summed E-state index contributed by atoms with van der Waals surface area (Å²) in [5.41, 5.74) is 0. The Labute approximate surface area is 109 Å². The number of aliphatic carboxylic acids is 1. The maximum atomic E-state index is 12.0. The first-order valence-corrected chi connectivity index (χ1v) is 6.83. The summed E-state index contributed by atoms with van der Waals surface area (Å²) < 4.78 is 0. The third-order valence-electron chi connectivity index (χ3n) is 3.48. The first kappa shape index (κ1) is 13.2. The number of rotatable bonds is 3. The van der Waals surface area contributed by atoms with Crippen LogP contribution in [0.5, 0.6) is 0 Å². The van der Waals surface area contributed by atoms with Crippen LogP contribution >= 0.6 is 11.8 Å². The van der Waals surface area contributed by atoms with Crippen LogP contribution in [0.15, 0.2) is 0 Å². The monoisotopic (exact) mass is 272 g/mol. The highest BCUT2D eigenvalue weighted by atomic mass is 32.2. The van der Waals surface area contributed by atoms with Gasteiger partial charge in [0.1, 0.15) is 12.1 Å². The van der Waals surface area contributed by atoms with Crippen molar-refractivity contribution in [3.8, 4) is 0 Å². The van der Waals surface area contributed by atoms with Crippen molar-refractivity contribution >= 4 is 29.5 Å². The second-order valence-corrected chi connectivity index (χ2v) is 6.34. The van der Waals surface area contributed by atoms with Crippen molar-refractivity contribution in [2.45, 2.75) is 43.6 Å². The van der Waals surface area contributed by atoms with Crippen molar-refractivity contribution in [2.24, 2.45) is 0 Å². The number of hydrogen-bond donors (Lipinski definition) is 2. The Balaban J connectivity index is 2.08. The van der Waals surface area contributed by atoms with Crippen LogP contribution in [0.4, 0.5) is 0 Å². The lowest BCUT2D eigenvalue weighted by atomic mass is 10.2. The van der Waals surface area contributed by atoms with Gasteiger partial charge in [0.05, 0.1) is 4.87 Å². The molecule has 18 heavy (non-hydrogen) atoms. The number of amides is 2. The number of nitrogens with one attached hydrogen (secondary N) is 1. The van der Waals surface area contributed by atoms with E-state index >= 15 is 0 Å². The van der Waals surface area contributed by atoms with E-state index in [0.29, 0.717) is 12.2 Å². The van der Waals surface area contributed by atoms with Crippen molar-refractivity contribution < 1.29 is 19.5 Å². The molecule has 2 aliphatic rings. The smallest absolute Gasteiger partial charge is 0.325 e. The standard InChI is InChI=1S/C11H16N2O4S/c1-6(10(16)17)12-9(15)7-5-18-11(2)4-3-8(14)13(7)11/h6-7H,3-5H2,1-2H3,(H,12,15)(H,16,17)/t6-,7?,11?/m1/s1. The molecule has 6 nitrogen and oxygen atoms in total. The van der Waals surface area contributed by atoms with Crippen LogP contribution in [-0.4, -0.2) is 50.5 Å². The highest BCUT2D eigenvalue weighted by Crippen LogP contribution is 2.47. The molecule has 2 amide bonds. The van der Waals surface area contributed by atoms with Gasteiger partial charge in [0, 0.05) is 12.2 Å². The molecule has 2 rings (SSSR count). The molecule has 2 aliphatic heterocycles. The summed E-state index contributed by atoms with van der Waals surface area (Å²) >= 11 is 1.59. The van der Waals surface area contributed by atoms with E-state index in [1.807, 2.05) is 6.92 Å². The van der Waals surface area contributed by atoms with Gasteiger partial charge in [-0.2, -0.15) is 0 Å². The Hall–Kier alpha value is -1.24. The molecular weight excluding hydrogens is 256 g/mol. The topological polar surface area (TPSA) is 86.7 Å². The average molecular weight is 272 g/mol. The molecule has 2 N–H and O–H groups in total. The maximum absolute atomic E-state index is 12.0. The predicted octanol–water partition coefficient (Wildman–Crippen LogP) is 0.0297. The summed E-state index contributed by atoms with van der Waals surface area (Å²) in [6.45, 7) is 3.36. The first-order valence-electron chi connectivity index (χ1n) is 5.84. The molecule has 100 valence electrons. The second-order valence-electron chi connectivity index (χ2n) is 4.83. The Morgan fingerprint density at radius 2 is 2.28 bits per heavy atom. The van der Waals surface area contributed by atoms with E-state index < -0.39 is 18.1 Å². The molecule has 2 heterocycles. The molecule has 0 saturated carbocycles. The van der Waals surface area contributed by atoms with Gasteiger partial charge in [-0.1, -0.05) is 0 Å². The summed E-state index contributed by atoms with van der Waals surface area (Å²) in [5, 5.41) is 11.2. The van der Waals surface area contributed by atoms with E-state index in [9.17, 15) is 14.4 Å². The van der Waals surface area contributed by atoms with Gasteiger partial charge in [0.2, 0.25) is 11.8 Å². The molecule has 2 saturated heterocycles. The predicted molar refractivity (Wildman–Crippen MR) is 66.0 cm³/mol. The van der Waals surface area contributed by atoms with Gasteiger partial charge in [-0.25, -0.2) is 0 Å². The quantitative estimate of drug-likeness (QED) is 0.757. The fraction of sp³-hybridized carbons (Fsp3) is 0.727. The van der Waals surface area contributed by atoms with Gasteiger partial charge in [-0.3, -0.25) is 14.4 Å². The van der Waals surface area contributed by atoms with E-state index in [4.69, 9.17) is 5.11 Å². The fourth-order valence-electron chi connectivity index (χ4n) is 2.39. The lowest BCUT2D eigenvalue weighted by Gasteiger charge is -2.30.